The maximum absolute atomic E-state index is 16.0. The first-order valence-electron chi connectivity index (χ1n) is 15.9. The van der Waals surface area contributed by atoms with E-state index in [0.717, 1.165) is 36.0 Å². The summed E-state index contributed by atoms with van der Waals surface area (Å²) in [4.78, 5) is 23.3. The molecule has 2 saturated carbocycles. The minimum Gasteiger partial charge on any atom is -0.475 e. The molecule has 8 nitrogen and oxygen atoms in total. The number of carboxylic acids is 1. The normalized spacial score (nSPS) is 31.4. The molecular weight excluding hydrogens is 587 g/mol. The van der Waals surface area contributed by atoms with Crippen molar-refractivity contribution in [3.8, 4) is 5.69 Å². The third-order valence-corrected chi connectivity index (χ3v) is 10.4. The van der Waals surface area contributed by atoms with E-state index in [2.05, 4.69) is 30.3 Å². The van der Waals surface area contributed by atoms with Crippen LogP contribution in [0.1, 0.15) is 72.1 Å². The number of carboxylic acid groups (broad SMARTS) is 1. The van der Waals surface area contributed by atoms with Crippen LogP contribution in [0.15, 0.2) is 78.7 Å². The third kappa shape index (κ3) is 5.85. The van der Waals surface area contributed by atoms with Gasteiger partial charge in [-0.05, 0) is 112 Å². The Morgan fingerprint density at radius 2 is 1.87 bits per heavy atom. The number of fused-ring (bicyclic) bond motifs is 6. The average molecular weight is 633 g/mol. The Morgan fingerprint density at radius 1 is 1.17 bits per heavy atom. The second-order valence-corrected chi connectivity index (χ2v) is 14.4. The van der Waals surface area contributed by atoms with Gasteiger partial charge in [0.25, 0.3) is 0 Å². The molecule has 0 radical (unpaired) electrons. The number of nitrogens with zero attached hydrogens (tertiary/aromatic N) is 2. The van der Waals surface area contributed by atoms with Crippen LogP contribution in [0.3, 0.4) is 0 Å². The number of hydrogen-bond donors (Lipinski definition) is 2. The molecule has 2 N–H and O–H groups in total. The maximum Gasteiger partial charge on any atom is 0.371 e. The quantitative estimate of drug-likeness (QED) is 0.204. The van der Waals surface area contributed by atoms with E-state index in [0.29, 0.717) is 18.4 Å². The summed E-state index contributed by atoms with van der Waals surface area (Å²) >= 11 is 0. The molecule has 4 aliphatic carbocycles. The molecule has 0 spiro atoms. The lowest BCUT2D eigenvalue weighted by molar-refractivity contribution is -0.169. The van der Waals surface area contributed by atoms with Crippen molar-refractivity contribution in [3.63, 3.8) is 0 Å². The highest BCUT2D eigenvalue weighted by molar-refractivity contribution is 5.84. The molecule has 46 heavy (non-hydrogen) atoms. The Bertz CT molecular complexity index is 1600. The summed E-state index contributed by atoms with van der Waals surface area (Å²) in [6, 6.07) is 9.89. The first kappa shape index (κ1) is 33.4. The number of para-hydroxylation sites is 1. The predicted molar refractivity (Wildman–Crippen MR) is 173 cm³/mol. The summed E-state index contributed by atoms with van der Waals surface area (Å²) in [6.45, 7) is 14.7. The molecule has 7 unspecified atom stereocenters. The third-order valence-electron chi connectivity index (χ3n) is 10.4. The fraction of sp³-hybridized carbons (Fsp3) is 0.486. The van der Waals surface area contributed by atoms with Gasteiger partial charge in [0, 0.05) is 11.3 Å². The van der Waals surface area contributed by atoms with Crippen molar-refractivity contribution in [3.05, 3.63) is 89.9 Å². The molecule has 0 bridgehead atoms. The van der Waals surface area contributed by atoms with E-state index in [9.17, 15) is 14.7 Å². The Labute approximate surface area is 270 Å². The molecule has 1 aromatic heterocycles. The highest BCUT2D eigenvalue weighted by Crippen LogP contribution is 2.66. The van der Waals surface area contributed by atoms with E-state index in [1.165, 1.54) is 6.08 Å². The largest absolute Gasteiger partial charge is 0.475 e. The number of benzene rings is 1. The molecule has 6 rings (SSSR count). The molecule has 0 aliphatic heterocycles. The van der Waals surface area contributed by atoms with Gasteiger partial charge in [0.05, 0.1) is 35.9 Å². The zero-order chi connectivity index (χ0) is 33.6. The predicted octanol–water partition coefficient (Wildman–Crippen LogP) is 7.19. The van der Waals surface area contributed by atoms with Gasteiger partial charge in [0.1, 0.15) is 11.4 Å². The molecule has 7 atom stereocenters. The van der Waals surface area contributed by atoms with Crippen LogP contribution in [-0.2, 0) is 25.5 Å². The van der Waals surface area contributed by atoms with Gasteiger partial charge in [-0.15, -0.1) is 0 Å². The molecule has 4 aliphatic rings. The van der Waals surface area contributed by atoms with Gasteiger partial charge < -0.3 is 19.7 Å². The molecular formula is C37H45FN2O6. The first-order chi connectivity index (χ1) is 21.6. The molecule has 2 aromatic rings. The molecule has 2 fully saturated rings. The van der Waals surface area contributed by atoms with Crippen LogP contribution in [0, 0.1) is 34.5 Å². The summed E-state index contributed by atoms with van der Waals surface area (Å²) in [7, 11) is 0. The number of aliphatic carboxylic acids is 1. The Morgan fingerprint density at radius 3 is 2.46 bits per heavy atom. The number of aromatic nitrogens is 2. The SMILES string of the molecule is C=CO/C(=C\C)C(=O)O.CC(C)(C)OC(=O)C1CCC2C3C=C(F)C4=Cc5c(cnn5-c5ccccc5)CC4(C)C3C(O)CC12C. The number of aliphatic hydroxyl groups is 1. The minimum absolute atomic E-state index is 0.106. The van der Waals surface area contributed by atoms with Crippen molar-refractivity contribution in [2.24, 2.45) is 34.5 Å². The van der Waals surface area contributed by atoms with E-state index in [1.54, 1.807) is 13.0 Å². The summed E-state index contributed by atoms with van der Waals surface area (Å²) in [5, 5.41) is 24.6. The number of halogens is 1. The van der Waals surface area contributed by atoms with Gasteiger partial charge in [-0.3, -0.25) is 4.79 Å². The number of allylic oxidation sites excluding steroid dienone is 4. The minimum atomic E-state index is -1.09. The van der Waals surface area contributed by atoms with Gasteiger partial charge >= 0.3 is 11.9 Å². The lowest BCUT2D eigenvalue weighted by Crippen LogP contribution is -2.56. The van der Waals surface area contributed by atoms with E-state index in [1.807, 2.05) is 68.1 Å². The van der Waals surface area contributed by atoms with E-state index >= 15 is 4.39 Å². The second kappa shape index (κ2) is 12.3. The summed E-state index contributed by atoms with van der Waals surface area (Å²) in [5.41, 5.74) is 2.04. The van der Waals surface area contributed by atoms with Crippen molar-refractivity contribution < 1.29 is 33.7 Å². The molecule has 1 heterocycles. The van der Waals surface area contributed by atoms with Gasteiger partial charge in [0.2, 0.25) is 5.76 Å². The zero-order valence-corrected chi connectivity index (χ0v) is 27.5. The highest BCUT2D eigenvalue weighted by Gasteiger charge is 2.63. The van der Waals surface area contributed by atoms with E-state index < -0.39 is 28.5 Å². The summed E-state index contributed by atoms with van der Waals surface area (Å²) < 4.78 is 28.2. The van der Waals surface area contributed by atoms with Crippen LogP contribution < -0.4 is 0 Å². The van der Waals surface area contributed by atoms with Crippen LogP contribution in [0.2, 0.25) is 0 Å². The van der Waals surface area contributed by atoms with Gasteiger partial charge in [-0.2, -0.15) is 5.10 Å². The Balaban J connectivity index is 0.000000407. The fourth-order valence-corrected chi connectivity index (χ4v) is 8.58. The smallest absolute Gasteiger partial charge is 0.371 e. The van der Waals surface area contributed by atoms with Crippen molar-refractivity contribution in [1.29, 1.82) is 0 Å². The second-order valence-electron chi connectivity index (χ2n) is 14.4. The maximum atomic E-state index is 16.0. The highest BCUT2D eigenvalue weighted by atomic mass is 19.1. The summed E-state index contributed by atoms with van der Waals surface area (Å²) in [5.74, 6) is -2.00. The number of ether oxygens (including phenoxy) is 2. The Kier molecular flexibility index (Phi) is 8.94. The first-order valence-corrected chi connectivity index (χ1v) is 15.9. The molecule has 246 valence electrons. The lowest BCUT2D eigenvalue weighted by atomic mass is 9.47. The number of rotatable bonds is 5. The molecule has 0 amide bonds. The molecule has 0 saturated heterocycles. The van der Waals surface area contributed by atoms with Crippen LogP contribution >= 0.6 is 0 Å². The monoisotopic (exact) mass is 632 g/mol. The van der Waals surface area contributed by atoms with Crippen molar-refractivity contribution in [2.45, 2.75) is 78.9 Å². The Hall–Kier alpha value is -3.98. The number of aliphatic hydroxyl groups excluding tert-OH is 1. The van der Waals surface area contributed by atoms with Crippen LogP contribution in [0.5, 0.6) is 0 Å². The van der Waals surface area contributed by atoms with Crippen molar-refractivity contribution in [2.75, 3.05) is 0 Å². The van der Waals surface area contributed by atoms with Crippen LogP contribution in [0.4, 0.5) is 4.39 Å². The number of carbonyl (C=O) groups excluding carboxylic acids is 1. The van der Waals surface area contributed by atoms with E-state index in [4.69, 9.17) is 9.84 Å². The van der Waals surface area contributed by atoms with Gasteiger partial charge in [-0.25, -0.2) is 13.9 Å². The number of hydrogen-bond acceptors (Lipinski definition) is 6. The summed E-state index contributed by atoms with van der Waals surface area (Å²) in [6.07, 6.45) is 10.1. The fourth-order valence-electron chi connectivity index (χ4n) is 8.58. The number of carbonyl (C=O) groups is 2. The zero-order valence-electron chi connectivity index (χ0n) is 27.5. The van der Waals surface area contributed by atoms with Crippen LogP contribution in [0.25, 0.3) is 11.8 Å². The van der Waals surface area contributed by atoms with Crippen molar-refractivity contribution in [1.82, 2.24) is 9.78 Å². The molecule has 9 heteroatoms. The van der Waals surface area contributed by atoms with Gasteiger partial charge in [-0.1, -0.05) is 38.6 Å². The average Bonchev–Trinajstić information content (AvgIpc) is 3.54. The van der Waals surface area contributed by atoms with Gasteiger partial charge in [0.15, 0.2) is 0 Å². The number of esters is 1. The topological polar surface area (TPSA) is 111 Å². The molecule has 1 aromatic carbocycles. The van der Waals surface area contributed by atoms with E-state index in [-0.39, 0.29) is 41.2 Å². The standard InChI is InChI=1S/C31H37FN2O3.C6H8O3/c1-29(2,3)37-28(36)22-12-11-21-20-13-24(32)23-14-25-18(17-33-34(25)19-9-7-6-8-10-19)15-31(23,5)27(20)26(35)16-30(21,22)4;1-3-5(6(7)8)9-4-2/h6-10,13-14,17,20-22,26-27,35H,11-12,15-16H2,1-5H3;3-4H,2H2,1H3,(H,7,8)/b;5-3-. The lowest BCUT2D eigenvalue weighted by Gasteiger charge is -2.57. The van der Waals surface area contributed by atoms with Crippen molar-refractivity contribution >= 4 is 18.0 Å². The van der Waals surface area contributed by atoms with Crippen LogP contribution in [-0.4, -0.2) is 43.6 Å².